The average Bonchev–Trinajstić information content (AvgIpc) is 3.14. The van der Waals surface area contributed by atoms with Crippen LogP contribution in [0.2, 0.25) is 0 Å². The molecule has 0 bridgehead atoms. The summed E-state index contributed by atoms with van der Waals surface area (Å²) in [6.45, 7) is 6.73. The highest BCUT2D eigenvalue weighted by atomic mass is 16.1. The number of aldehydes is 1. The maximum absolute atomic E-state index is 13.0. The Hall–Kier alpha value is -2.92. The van der Waals surface area contributed by atoms with Gasteiger partial charge in [-0.05, 0) is 69.0 Å². The van der Waals surface area contributed by atoms with Gasteiger partial charge >= 0.3 is 0 Å². The smallest absolute Gasteiger partial charge is 0.193 e. The molecule has 4 rings (SSSR count). The van der Waals surface area contributed by atoms with Crippen molar-refractivity contribution < 1.29 is 9.59 Å². The molecule has 5 heteroatoms. The van der Waals surface area contributed by atoms with Crippen LogP contribution in [-0.4, -0.2) is 40.8 Å². The molecule has 1 aliphatic heterocycles. The monoisotopic (exact) mass is 403 g/mol. The number of likely N-dealkylation sites (tertiary alicyclic amines) is 1. The van der Waals surface area contributed by atoms with Crippen molar-refractivity contribution in [1.29, 1.82) is 0 Å². The van der Waals surface area contributed by atoms with E-state index in [9.17, 15) is 9.59 Å². The van der Waals surface area contributed by atoms with E-state index in [1.807, 2.05) is 24.4 Å². The van der Waals surface area contributed by atoms with Crippen LogP contribution < -0.4 is 5.84 Å². The van der Waals surface area contributed by atoms with Crippen LogP contribution in [0.15, 0.2) is 48.7 Å². The average molecular weight is 404 g/mol. The minimum Gasteiger partial charge on any atom is -0.339 e. The van der Waals surface area contributed by atoms with Crippen LogP contribution in [0.4, 0.5) is 0 Å². The fraction of sp³-hybridized carbons (Fsp3) is 0.360. The lowest BCUT2D eigenvalue weighted by Crippen LogP contribution is -2.39. The third-order valence-electron chi connectivity index (χ3n) is 6.62. The summed E-state index contributed by atoms with van der Waals surface area (Å²) in [4.78, 5) is 26.4. The van der Waals surface area contributed by atoms with Crippen LogP contribution >= 0.6 is 0 Å². The number of nitrogens with zero attached hydrogens (tertiary/aromatic N) is 2. The molecule has 1 aliphatic rings. The van der Waals surface area contributed by atoms with Crippen LogP contribution in [0.1, 0.15) is 70.9 Å². The van der Waals surface area contributed by atoms with Crippen LogP contribution in [0.3, 0.4) is 0 Å². The second-order valence-corrected chi connectivity index (χ2v) is 8.36. The predicted octanol–water partition coefficient (Wildman–Crippen LogP) is 4.38. The lowest BCUT2D eigenvalue weighted by molar-refractivity contribution is 0.103. The highest BCUT2D eigenvalue weighted by Crippen LogP contribution is 2.35. The summed E-state index contributed by atoms with van der Waals surface area (Å²) in [6, 6.07) is 13.1. The summed E-state index contributed by atoms with van der Waals surface area (Å²) >= 11 is 0. The summed E-state index contributed by atoms with van der Waals surface area (Å²) in [5, 5.41) is 1.06. The number of nitrogen functional groups attached to an aromatic ring is 1. The number of hydrogen-bond donors (Lipinski definition) is 1. The minimum atomic E-state index is -0.0448. The predicted molar refractivity (Wildman–Crippen MR) is 121 cm³/mol. The Labute approximate surface area is 177 Å². The Morgan fingerprint density at radius 3 is 2.43 bits per heavy atom. The number of nitrogens with two attached hydrogens (primary N) is 1. The summed E-state index contributed by atoms with van der Waals surface area (Å²) in [5.74, 6) is 6.65. The lowest BCUT2D eigenvalue weighted by Gasteiger charge is -2.35. The zero-order valence-corrected chi connectivity index (χ0v) is 17.7. The van der Waals surface area contributed by atoms with Crippen molar-refractivity contribution in [2.24, 2.45) is 0 Å². The molecule has 156 valence electrons. The first-order chi connectivity index (χ1) is 14.5. The number of carbonyl (C=O) groups excluding carboxylic acids is 2. The lowest BCUT2D eigenvalue weighted by atomic mass is 9.88. The molecule has 0 spiro atoms. The number of piperidine rings is 1. The van der Waals surface area contributed by atoms with Gasteiger partial charge < -0.3 is 10.7 Å². The van der Waals surface area contributed by atoms with Crippen molar-refractivity contribution in [3.05, 3.63) is 70.9 Å². The van der Waals surface area contributed by atoms with E-state index in [4.69, 9.17) is 5.84 Å². The van der Waals surface area contributed by atoms with Crippen molar-refractivity contribution in [2.45, 2.75) is 45.1 Å². The van der Waals surface area contributed by atoms with E-state index in [1.165, 1.54) is 12.0 Å². The van der Waals surface area contributed by atoms with E-state index in [1.54, 1.807) is 28.9 Å². The van der Waals surface area contributed by atoms with Gasteiger partial charge in [0.25, 0.3) is 0 Å². The van der Waals surface area contributed by atoms with Gasteiger partial charge in [0, 0.05) is 34.3 Å². The number of rotatable bonds is 6. The molecule has 3 aromatic rings. The van der Waals surface area contributed by atoms with E-state index in [2.05, 4.69) is 18.7 Å². The van der Waals surface area contributed by atoms with Crippen LogP contribution in [-0.2, 0) is 0 Å². The molecule has 1 saturated heterocycles. The Kier molecular flexibility index (Phi) is 5.73. The van der Waals surface area contributed by atoms with Crippen molar-refractivity contribution in [3.8, 4) is 0 Å². The van der Waals surface area contributed by atoms with Gasteiger partial charge in [0.2, 0.25) is 0 Å². The highest BCUT2D eigenvalue weighted by molar-refractivity contribution is 6.11. The molecule has 30 heavy (non-hydrogen) atoms. The molecule has 0 amide bonds. The van der Waals surface area contributed by atoms with Crippen LogP contribution in [0, 0.1) is 0 Å². The van der Waals surface area contributed by atoms with Gasteiger partial charge in [-0.15, -0.1) is 0 Å². The van der Waals surface area contributed by atoms with Gasteiger partial charge in [0.15, 0.2) is 5.78 Å². The van der Waals surface area contributed by atoms with Gasteiger partial charge in [-0.1, -0.05) is 31.2 Å². The first-order valence-corrected chi connectivity index (χ1v) is 10.8. The van der Waals surface area contributed by atoms with Crippen LogP contribution in [0.25, 0.3) is 10.9 Å². The first kappa shape index (κ1) is 20.4. The molecule has 1 aromatic heterocycles. The molecule has 2 N–H and O–H groups in total. The molecule has 0 saturated carbocycles. The Balaban J connectivity index is 1.62. The molecule has 1 atom stereocenters. The molecular formula is C25H29N3O2. The number of fused-ring (bicyclic) bond motifs is 1. The second kappa shape index (κ2) is 8.44. The molecule has 5 nitrogen and oxygen atoms in total. The Bertz CT molecular complexity index is 1060. The second-order valence-electron chi connectivity index (χ2n) is 8.36. The summed E-state index contributed by atoms with van der Waals surface area (Å²) in [7, 11) is 0. The quantitative estimate of drug-likeness (QED) is 0.377. The maximum atomic E-state index is 13.0. The zero-order valence-electron chi connectivity index (χ0n) is 17.7. The van der Waals surface area contributed by atoms with Crippen molar-refractivity contribution >= 4 is 23.0 Å². The molecule has 0 aliphatic carbocycles. The number of carbonyl (C=O) groups is 2. The SMILES string of the molecule is CCC(C)N1CCC(c2cn(N)c3ccc(C(=O)c4ccc(C=O)cc4)cc23)CC1. The Morgan fingerprint density at radius 2 is 1.80 bits per heavy atom. The maximum Gasteiger partial charge on any atom is 0.193 e. The topological polar surface area (TPSA) is 68.3 Å². The van der Waals surface area contributed by atoms with Gasteiger partial charge in [-0.2, -0.15) is 0 Å². The largest absolute Gasteiger partial charge is 0.339 e. The van der Waals surface area contributed by atoms with Crippen molar-refractivity contribution in [2.75, 3.05) is 18.9 Å². The summed E-state index contributed by atoms with van der Waals surface area (Å²) in [6.07, 6.45) is 6.19. The number of aromatic nitrogens is 1. The van der Waals surface area contributed by atoms with E-state index >= 15 is 0 Å². The van der Waals surface area contributed by atoms with E-state index in [0.29, 0.717) is 28.7 Å². The molecule has 0 radical (unpaired) electrons. The fourth-order valence-corrected chi connectivity index (χ4v) is 4.54. The number of benzene rings is 2. The summed E-state index contributed by atoms with van der Waals surface area (Å²) < 4.78 is 1.68. The molecule has 2 aromatic carbocycles. The fourth-order valence-electron chi connectivity index (χ4n) is 4.54. The van der Waals surface area contributed by atoms with Gasteiger partial charge in [-0.3, -0.25) is 14.3 Å². The molecular weight excluding hydrogens is 374 g/mol. The van der Waals surface area contributed by atoms with E-state index < -0.39 is 0 Å². The molecule has 1 unspecified atom stereocenters. The van der Waals surface area contributed by atoms with E-state index in [-0.39, 0.29) is 5.78 Å². The Morgan fingerprint density at radius 1 is 1.13 bits per heavy atom. The number of ketones is 1. The van der Waals surface area contributed by atoms with Gasteiger partial charge in [0.05, 0.1) is 5.52 Å². The zero-order chi connectivity index (χ0) is 21.3. The third kappa shape index (κ3) is 3.77. The van der Waals surface area contributed by atoms with Crippen molar-refractivity contribution in [1.82, 2.24) is 9.58 Å². The third-order valence-corrected chi connectivity index (χ3v) is 6.62. The highest BCUT2D eigenvalue weighted by Gasteiger charge is 2.26. The normalized spacial score (nSPS) is 16.6. The minimum absolute atomic E-state index is 0.0448. The van der Waals surface area contributed by atoms with Gasteiger partial charge in [0.1, 0.15) is 6.29 Å². The standard InChI is InChI=1S/C25H29N3O2/c1-3-17(2)27-12-10-19(11-13-27)23-15-28(26)24-9-8-21(14-22(23)24)25(30)20-6-4-18(16-29)5-7-20/h4-9,14-17,19H,3,10-13,26H2,1-2H3. The summed E-state index contributed by atoms with van der Waals surface area (Å²) in [5.41, 5.74) is 3.97. The first-order valence-electron chi connectivity index (χ1n) is 10.8. The number of hydrogen-bond acceptors (Lipinski definition) is 4. The van der Waals surface area contributed by atoms with Crippen molar-refractivity contribution in [3.63, 3.8) is 0 Å². The molecule has 1 fully saturated rings. The van der Waals surface area contributed by atoms with Crippen LogP contribution in [0.5, 0.6) is 0 Å². The molecule has 2 heterocycles. The van der Waals surface area contributed by atoms with Gasteiger partial charge in [-0.25, -0.2) is 0 Å². The van der Waals surface area contributed by atoms with E-state index in [0.717, 1.165) is 43.1 Å².